The lowest BCUT2D eigenvalue weighted by atomic mass is 10.2. The Bertz CT molecular complexity index is 501. The third-order valence-corrected chi connectivity index (χ3v) is 2.15. The summed E-state index contributed by atoms with van der Waals surface area (Å²) in [5.74, 6) is -0.779. The zero-order chi connectivity index (χ0) is 14.1. The molecule has 0 spiro atoms. The van der Waals surface area contributed by atoms with Crippen molar-refractivity contribution >= 4 is 18.4 Å². The van der Waals surface area contributed by atoms with E-state index < -0.39 is 5.97 Å². The maximum atomic E-state index is 11.5. The molecule has 0 saturated carbocycles. The molecule has 0 aliphatic heterocycles. The second-order valence-corrected chi connectivity index (χ2v) is 3.62. The topological polar surface area (TPSA) is 71.2 Å². The highest BCUT2D eigenvalue weighted by molar-refractivity contribution is 6.09. The summed E-state index contributed by atoms with van der Waals surface area (Å²) in [6.45, 7) is 3.31. The molecule has 5 heteroatoms. The average Bonchev–Trinajstić information content (AvgIpc) is 2.39. The number of hydrogen-bond acceptors (Lipinski definition) is 5. The molecular weight excluding hydrogens is 244 g/mol. The molecule has 0 heterocycles. The van der Waals surface area contributed by atoms with E-state index in [1.54, 1.807) is 13.1 Å². The van der Waals surface area contributed by atoms with E-state index in [2.05, 4.69) is 10.2 Å². The largest absolute Gasteiger partial charge is 0.512 e. The van der Waals surface area contributed by atoms with E-state index in [0.29, 0.717) is 0 Å². The van der Waals surface area contributed by atoms with Gasteiger partial charge in [0.25, 0.3) is 0 Å². The van der Waals surface area contributed by atoms with Gasteiger partial charge < -0.3 is 9.84 Å². The first-order chi connectivity index (χ1) is 9.15. The van der Waals surface area contributed by atoms with E-state index in [-0.39, 0.29) is 17.9 Å². The van der Waals surface area contributed by atoms with Gasteiger partial charge in [0.2, 0.25) is 0 Å². The second kappa shape index (κ2) is 7.81. The summed E-state index contributed by atoms with van der Waals surface area (Å²) in [5.41, 5.74) is 0.883. The molecule has 0 amide bonds. The standard InChI is InChI=1S/C14H16N2O3/c1-3-19-14(18)13(11(2)17)10-16-15-9-12-7-5-4-6-8-12/h4-10,17H,3H2,1-2H3/b13-11+,15-9?,16-10+. The van der Waals surface area contributed by atoms with Crippen LogP contribution >= 0.6 is 0 Å². The number of ether oxygens (including phenoxy) is 1. The zero-order valence-electron chi connectivity index (χ0n) is 10.9. The van der Waals surface area contributed by atoms with Crippen LogP contribution in [0.4, 0.5) is 0 Å². The predicted octanol–water partition coefficient (Wildman–Crippen LogP) is 2.49. The molecule has 0 unspecified atom stereocenters. The maximum Gasteiger partial charge on any atom is 0.343 e. The average molecular weight is 260 g/mol. The lowest BCUT2D eigenvalue weighted by molar-refractivity contribution is -0.138. The summed E-state index contributed by atoms with van der Waals surface area (Å²) in [7, 11) is 0. The molecule has 0 radical (unpaired) electrons. The molecule has 1 aromatic carbocycles. The number of benzene rings is 1. The van der Waals surface area contributed by atoms with Crippen LogP contribution in [0.2, 0.25) is 0 Å². The van der Waals surface area contributed by atoms with Crippen molar-refractivity contribution in [3.63, 3.8) is 0 Å². The summed E-state index contributed by atoms with van der Waals surface area (Å²) in [6, 6.07) is 9.41. The highest BCUT2D eigenvalue weighted by atomic mass is 16.5. The van der Waals surface area contributed by atoms with Gasteiger partial charge in [-0.3, -0.25) is 0 Å². The van der Waals surface area contributed by atoms with Gasteiger partial charge in [-0.1, -0.05) is 30.3 Å². The van der Waals surface area contributed by atoms with Gasteiger partial charge in [-0.25, -0.2) is 4.79 Å². The molecule has 0 aliphatic carbocycles. The molecule has 100 valence electrons. The van der Waals surface area contributed by atoms with E-state index in [1.165, 1.54) is 13.1 Å². The van der Waals surface area contributed by atoms with Gasteiger partial charge in [-0.15, -0.1) is 0 Å². The molecule has 0 aromatic heterocycles. The minimum absolute atomic E-state index is 0.00735. The first kappa shape index (κ1) is 14.6. The molecule has 0 bridgehead atoms. The Morgan fingerprint density at radius 3 is 2.58 bits per heavy atom. The van der Waals surface area contributed by atoms with Gasteiger partial charge in [0.05, 0.1) is 19.0 Å². The van der Waals surface area contributed by atoms with Crippen molar-refractivity contribution in [3.8, 4) is 0 Å². The molecule has 5 nitrogen and oxygen atoms in total. The number of nitrogens with zero attached hydrogens (tertiary/aromatic N) is 2. The number of aliphatic hydroxyl groups excluding tert-OH is 1. The fourth-order valence-electron chi connectivity index (χ4n) is 1.23. The van der Waals surface area contributed by atoms with Crippen molar-refractivity contribution in [2.24, 2.45) is 10.2 Å². The van der Waals surface area contributed by atoms with Crippen molar-refractivity contribution in [3.05, 3.63) is 47.2 Å². The normalized spacial score (nSPS) is 12.7. The Morgan fingerprint density at radius 2 is 2.00 bits per heavy atom. The Labute approximate surface area is 111 Å². The van der Waals surface area contributed by atoms with Crippen LogP contribution < -0.4 is 0 Å². The number of carbonyl (C=O) groups is 1. The molecule has 1 N–H and O–H groups in total. The molecule has 0 aliphatic rings. The van der Waals surface area contributed by atoms with E-state index in [9.17, 15) is 9.90 Å². The number of esters is 1. The van der Waals surface area contributed by atoms with Gasteiger partial charge >= 0.3 is 5.97 Å². The molecule has 0 fully saturated rings. The minimum atomic E-state index is -0.624. The van der Waals surface area contributed by atoms with Gasteiger partial charge in [0.15, 0.2) is 0 Å². The van der Waals surface area contributed by atoms with Crippen LogP contribution in [0.3, 0.4) is 0 Å². The van der Waals surface area contributed by atoms with Crippen LogP contribution in [0.5, 0.6) is 0 Å². The summed E-state index contributed by atoms with van der Waals surface area (Å²) in [5, 5.41) is 16.9. The molecule has 19 heavy (non-hydrogen) atoms. The van der Waals surface area contributed by atoms with E-state index in [0.717, 1.165) is 5.56 Å². The van der Waals surface area contributed by atoms with Crippen molar-refractivity contribution < 1.29 is 14.6 Å². The Balaban J connectivity index is 2.71. The summed E-state index contributed by atoms with van der Waals surface area (Å²) in [4.78, 5) is 11.5. The Morgan fingerprint density at radius 1 is 1.32 bits per heavy atom. The zero-order valence-corrected chi connectivity index (χ0v) is 10.9. The first-order valence-corrected chi connectivity index (χ1v) is 5.83. The minimum Gasteiger partial charge on any atom is -0.512 e. The smallest absolute Gasteiger partial charge is 0.343 e. The predicted molar refractivity (Wildman–Crippen MR) is 74.5 cm³/mol. The maximum absolute atomic E-state index is 11.5. The molecule has 1 rings (SSSR count). The van der Waals surface area contributed by atoms with Crippen LogP contribution in [0.25, 0.3) is 0 Å². The fourth-order valence-corrected chi connectivity index (χ4v) is 1.23. The Kier molecular flexibility index (Phi) is 6.02. The third kappa shape index (κ3) is 5.16. The Hall–Kier alpha value is -2.43. The SMILES string of the molecule is CCOC(=O)C(/C=N/N=Cc1ccccc1)=C(\C)O. The van der Waals surface area contributed by atoms with Gasteiger partial charge in [-0.05, 0) is 19.4 Å². The lowest BCUT2D eigenvalue weighted by Crippen LogP contribution is -2.10. The van der Waals surface area contributed by atoms with Crippen LogP contribution in [0.1, 0.15) is 19.4 Å². The van der Waals surface area contributed by atoms with E-state index >= 15 is 0 Å². The van der Waals surface area contributed by atoms with Crippen molar-refractivity contribution in [2.75, 3.05) is 6.61 Å². The highest BCUT2D eigenvalue weighted by Crippen LogP contribution is 2.01. The summed E-state index contributed by atoms with van der Waals surface area (Å²) in [6.07, 6.45) is 2.72. The van der Waals surface area contributed by atoms with Gasteiger partial charge in [0, 0.05) is 0 Å². The fraction of sp³-hybridized carbons (Fsp3) is 0.214. The van der Waals surface area contributed by atoms with E-state index in [1.807, 2.05) is 30.3 Å². The number of rotatable bonds is 5. The third-order valence-electron chi connectivity index (χ3n) is 2.15. The van der Waals surface area contributed by atoms with Crippen LogP contribution in [0.15, 0.2) is 51.9 Å². The summed E-state index contributed by atoms with van der Waals surface area (Å²) < 4.78 is 4.78. The van der Waals surface area contributed by atoms with E-state index in [4.69, 9.17) is 4.74 Å². The number of carbonyl (C=O) groups excluding carboxylic acids is 1. The molecule has 0 saturated heterocycles. The molecule has 1 aromatic rings. The number of allylic oxidation sites excluding steroid dienone is 1. The molecular formula is C14H16N2O3. The van der Waals surface area contributed by atoms with Crippen LogP contribution in [0, 0.1) is 0 Å². The lowest BCUT2D eigenvalue weighted by Gasteiger charge is -2.01. The molecule has 0 atom stereocenters. The van der Waals surface area contributed by atoms with Crippen molar-refractivity contribution in [2.45, 2.75) is 13.8 Å². The van der Waals surface area contributed by atoms with Crippen LogP contribution in [-0.4, -0.2) is 30.1 Å². The summed E-state index contributed by atoms with van der Waals surface area (Å²) >= 11 is 0. The van der Waals surface area contributed by atoms with Crippen molar-refractivity contribution in [1.29, 1.82) is 0 Å². The monoisotopic (exact) mass is 260 g/mol. The number of aliphatic hydroxyl groups is 1. The second-order valence-electron chi connectivity index (χ2n) is 3.62. The van der Waals surface area contributed by atoms with Crippen LogP contribution in [-0.2, 0) is 9.53 Å². The van der Waals surface area contributed by atoms with Gasteiger partial charge in [0.1, 0.15) is 11.3 Å². The highest BCUT2D eigenvalue weighted by Gasteiger charge is 2.11. The first-order valence-electron chi connectivity index (χ1n) is 5.83. The quantitative estimate of drug-likeness (QED) is 0.291. The van der Waals surface area contributed by atoms with Crippen molar-refractivity contribution in [1.82, 2.24) is 0 Å². The number of hydrogen-bond donors (Lipinski definition) is 1. The van der Waals surface area contributed by atoms with Gasteiger partial charge in [-0.2, -0.15) is 10.2 Å².